The normalized spacial score (nSPS) is 13.9. The molecule has 0 bridgehead atoms. The van der Waals surface area contributed by atoms with E-state index >= 15 is 0 Å². The lowest BCUT2D eigenvalue weighted by molar-refractivity contribution is 0.434. The van der Waals surface area contributed by atoms with Crippen LogP contribution in [0, 0.1) is 0 Å². The van der Waals surface area contributed by atoms with E-state index in [1.807, 2.05) is 0 Å². The molecule has 0 saturated heterocycles. The lowest BCUT2D eigenvalue weighted by Crippen LogP contribution is -2.34. The van der Waals surface area contributed by atoms with Crippen LogP contribution in [0.15, 0.2) is 249 Å². The Morgan fingerprint density at radius 1 is 0.290 bits per heavy atom. The molecule has 292 valence electrons. The highest BCUT2D eigenvalue weighted by Crippen LogP contribution is 2.60. The van der Waals surface area contributed by atoms with E-state index in [2.05, 4.69) is 254 Å². The Hall–Kier alpha value is -7.94. The van der Waals surface area contributed by atoms with Crippen molar-refractivity contribution in [1.82, 2.24) is 0 Å². The van der Waals surface area contributed by atoms with Gasteiger partial charge in [0, 0.05) is 22.5 Å². The van der Waals surface area contributed by atoms with Gasteiger partial charge in [-0.25, -0.2) is 0 Å². The van der Waals surface area contributed by atoms with E-state index in [0.717, 1.165) is 39.7 Å². The smallest absolute Gasteiger partial charge is 0.132 e. The summed E-state index contributed by atoms with van der Waals surface area (Å²) in [4.78, 5) is 2.48. The monoisotopic (exact) mass is 791 g/mol. The minimum Gasteiger partial charge on any atom is -0.457 e. The van der Waals surface area contributed by atoms with Crippen LogP contribution >= 0.6 is 0 Å². The molecule has 0 saturated carbocycles. The van der Waals surface area contributed by atoms with E-state index in [0.29, 0.717) is 0 Å². The maximum atomic E-state index is 6.92. The van der Waals surface area contributed by atoms with Gasteiger partial charge in [-0.3, -0.25) is 0 Å². The number of fused-ring (bicyclic) bond motifs is 6. The predicted octanol–water partition coefficient (Wildman–Crippen LogP) is 15.2. The highest BCUT2D eigenvalue weighted by atomic mass is 16.5. The SMILES string of the molecule is c1ccc(C2(c3ccccc3)c3ccccc3Oc3ccc(N(c4ccc5ccccc5c4)c4ccccc4C4(c5ccccc5)c5ccccc5-c5ccccc54)cc32)cc1. The van der Waals surface area contributed by atoms with Gasteiger partial charge in [-0.1, -0.05) is 206 Å². The summed E-state index contributed by atoms with van der Waals surface area (Å²) in [6.45, 7) is 0. The molecule has 2 nitrogen and oxygen atoms in total. The van der Waals surface area contributed by atoms with Crippen molar-refractivity contribution in [2.75, 3.05) is 4.90 Å². The van der Waals surface area contributed by atoms with Gasteiger partial charge in [-0.2, -0.15) is 0 Å². The Balaban J connectivity index is 1.19. The third-order valence-electron chi connectivity index (χ3n) is 13.2. The Kier molecular flexibility index (Phi) is 8.33. The van der Waals surface area contributed by atoms with Crippen LogP contribution in [0.2, 0.25) is 0 Å². The van der Waals surface area contributed by atoms with E-state index in [1.165, 1.54) is 55.3 Å². The van der Waals surface area contributed by atoms with Crippen molar-refractivity contribution >= 4 is 27.8 Å². The van der Waals surface area contributed by atoms with E-state index in [1.54, 1.807) is 0 Å². The minimum absolute atomic E-state index is 0.617. The first-order valence-electron chi connectivity index (χ1n) is 21.4. The summed E-state index contributed by atoms with van der Waals surface area (Å²) >= 11 is 0. The first-order chi connectivity index (χ1) is 30.8. The number of ether oxygens (including phenoxy) is 1. The van der Waals surface area contributed by atoms with Gasteiger partial charge in [0.05, 0.1) is 16.5 Å². The van der Waals surface area contributed by atoms with Crippen LogP contribution in [0.4, 0.5) is 17.1 Å². The minimum atomic E-state index is -0.675. The van der Waals surface area contributed by atoms with Crippen molar-refractivity contribution in [2.45, 2.75) is 10.8 Å². The second kappa shape index (κ2) is 14.4. The third-order valence-corrected chi connectivity index (χ3v) is 13.2. The molecule has 0 aromatic heterocycles. The van der Waals surface area contributed by atoms with Crippen LogP contribution in [0.1, 0.15) is 44.5 Å². The van der Waals surface area contributed by atoms with Crippen molar-refractivity contribution in [1.29, 1.82) is 0 Å². The Morgan fingerprint density at radius 3 is 1.39 bits per heavy atom. The summed E-state index contributed by atoms with van der Waals surface area (Å²) in [5.74, 6) is 1.70. The molecule has 10 aromatic rings. The van der Waals surface area contributed by atoms with Gasteiger partial charge in [-0.05, 0) is 97.7 Å². The van der Waals surface area contributed by atoms with Crippen LogP contribution in [-0.2, 0) is 10.8 Å². The van der Waals surface area contributed by atoms with Crippen molar-refractivity contribution in [3.8, 4) is 22.6 Å². The fourth-order valence-corrected chi connectivity index (χ4v) is 10.7. The van der Waals surface area contributed by atoms with Gasteiger partial charge < -0.3 is 9.64 Å². The van der Waals surface area contributed by atoms with Gasteiger partial charge in [0.2, 0.25) is 0 Å². The van der Waals surface area contributed by atoms with E-state index in [-0.39, 0.29) is 0 Å². The molecule has 62 heavy (non-hydrogen) atoms. The molecule has 1 heterocycles. The van der Waals surface area contributed by atoms with Gasteiger partial charge >= 0.3 is 0 Å². The van der Waals surface area contributed by atoms with E-state index in [4.69, 9.17) is 4.74 Å². The average Bonchev–Trinajstić information content (AvgIpc) is 3.65. The zero-order chi connectivity index (χ0) is 41.1. The zero-order valence-electron chi connectivity index (χ0n) is 34.0. The number of nitrogens with zero attached hydrogens (tertiary/aromatic N) is 1. The molecule has 0 fully saturated rings. The van der Waals surface area contributed by atoms with Crippen LogP contribution in [0.3, 0.4) is 0 Å². The topological polar surface area (TPSA) is 12.5 Å². The van der Waals surface area contributed by atoms with Crippen molar-refractivity contribution in [2.24, 2.45) is 0 Å². The molecule has 0 amide bonds. The second-order valence-electron chi connectivity index (χ2n) is 16.4. The lowest BCUT2D eigenvalue weighted by Gasteiger charge is -2.42. The molecular formula is C60H41NO. The first-order valence-corrected chi connectivity index (χ1v) is 21.4. The molecule has 0 N–H and O–H groups in total. The summed E-state index contributed by atoms with van der Waals surface area (Å²) < 4.78 is 6.92. The second-order valence-corrected chi connectivity index (χ2v) is 16.4. The Labute approximate surface area is 362 Å². The fraction of sp³-hybridized carbons (Fsp3) is 0.0333. The zero-order valence-corrected chi connectivity index (χ0v) is 34.0. The molecule has 2 aliphatic rings. The molecule has 10 aromatic carbocycles. The molecule has 0 spiro atoms. The summed E-state index contributed by atoms with van der Waals surface area (Å²) in [6.07, 6.45) is 0. The highest BCUT2D eigenvalue weighted by molar-refractivity contribution is 5.93. The first kappa shape index (κ1) is 36.0. The van der Waals surface area contributed by atoms with E-state index < -0.39 is 10.8 Å². The van der Waals surface area contributed by atoms with Crippen molar-refractivity contribution < 1.29 is 4.74 Å². The van der Waals surface area contributed by atoms with Gasteiger partial charge in [-0.15, -0.1) is 0 Å². The standard InChI is InChI=1S/C60H41NO/c1-4-22-44(23-5-1)59(45-24-6-2-7-25-45)54-33-17-19-35-57(54)62-58-39-38-48(41-55(58)59)61(47-37-36-42-20-10-11-21-43(42)40-47)56-34-18-16-32-53(56)60(46-26-8-3-9-27-46)51-30-14-12-28-49(51)50-29-13-15-31-52(50)60/h1-41H. The third kappa shape index (κ3) is 5.23. The average molecular weight is 792 g/mol. The predicted molar refractivity (Wildman–Crippen MR) is 254 cm³/mol. The number of benzene rings is 10. The molecule has 0 unspecified atom stereocenters. The van der Waals surface area contributed by atoms with Crippen molar-refractivity contribution in [3.05, 3.63) is 293 Å². The van der Waals surface area contributed by atoms with Gasteiger partial charge in [0.15, 0.2) is 0 Å². The Morgan fingerprint density at radius 2 is 0.742 bits per heavy atom. The van der Waals surface area contributed by atoms with Gasteiger partial charge in [0.25, 0.3) is 0 Å². The molecule has 0 atom stereocenters. The maximum absolute atomic E-state index is 6.92. The van der Waals surface area contributed by atoms with Gasteiger partial charge in [0.1, 0.15) is 11.5 Å². The van der Waals surface area contributed by atoms with Crippen LogP contribution in [-0.4, -0.2) is 0 Å². The van der Waals surface area contributed by atoms with E-state index in [9.17, 15) is 0 Å². The van der Waals surface area contributed by atoms with Crippen LogP contribution < -0.4 is 9.64 Å². The number of rotatable bonds is 7. The molecule has 2 heteroatoms. The summed E-state index contributed by atoms with van der Waals surface area (Å²) in [7, 11) is 0. The number of hydrogen-bond acceptors (Lipinski definition) is 2. The molecule has 0 radical (unpaired) electrons. The summed E-state index contributed by atoms with van der Waals surface area (Å²) in [5.41, 5.74) is 14.0. The number of hydrogen-bond donors (Lipinski definition) is 0. The molecule has 1 aliphatic heterocycles. The maximum Gasteiger partial charge on any atom is 0.132 e. The van der Waals surface area contributed by atoms with Crippen LogP contribution in [0.5, 0.6) is 11.5 Å². The summed E-state index contributed by atoms with van der Waals surface area (Å²) in [5, 5.41) is 2.38. The molecule has 1 aliphatic carbocycles. The van der Waals surface area contributed by atoms with Crippen molar-refractivity contribution in [3.63, 3.8) is 0 Å². The quantitative estimate of drug-likeness (QED) is 0.159. The number of para-hydroxylation sites is 2. The molecule has 12 rings (SSSR count). The lowest BCUT2D eigenvalue weighted by atomic mass is 9.63. The number of anilines is 3. The fourth-order valence-electron chi connectivity index (χ4n) is 10.7. The highest BCUT2D eigenvalue weighted by Gasteiger charge is 2.49. The Bertz CT molecular complexity index is 3200. The summed E-state index contributed by atoms with van der Waals surface area (Å²) in [6, 6.07) is 90.9. The molecular weight excluding hydrogens is 751 g/mol. The largest absolute Gasteiger partial charge is 0.457 e. The van der Waals surface area contributed by atoms with Crippen LogP contribution in [0.25, 0.3) is 21.9 Å².